The molecule has 0 aliphatic carbocycles. The number of hydrogen-bond donors (Lipinski definition) is 0. The second-order valence-corrected chi connectivity index (χ2v) is 6.99. The average molecular weight is 376 g/mol. The molecule has 142 valence electrons. The number of benzene rings is 2. The summed E-state index contributed by atoms with van der Waals surface area (Å²) >= 11 is 0. The van der Waals surface area contributed by atoms with Crippen LogP contribution in [-0.2, 0) is 19.1 Å². The van der Waals surface area contributed by atoms with Crippen molar-refractivity contribution in [2.45, 2.75) is 25.0 Å². The van der Waals surface area contributed by atoms with Crippen LogP contribution in [0.15, 0.2) is 72.8 Å². The standard InChI is InChI=1S/C23H20O5/c1-14-11-20(27-22(14)24)13-26-19-9-7-17(8-10-19)16-3-5-18(6-4-16)21-12-15(2)23(25)28-21/h3-10,20-21H,1-2,11-13H2. The number of hydrogen-bond acceptors (Lipinski definition) is 5. The monoisotopic (exact) mass is 376 g/mol. The van der Waals surface area contributed by atoms with Crippen LogP contribution < -0.4 is 4.74 Å². The highest BCUT2D eigenvalue weighted by molar-refractivity contribution is 5.90. The van der Waals surface area contributed by atoms with Crippen LogP contribution >= 0.6 is 0 Å². The molecule has 0 radical (unpaired) electrons. The zero-order valence-electron chi connectivity index (χ0n) is 15.4. The SMILES string of the molecule is C=C1CC(COc2ccc(-c3ccc(C4CC(=C)C(=O)O4)cc3)cc2)OC1=O. The molecule has 5 heteroatoms. The van der Waals surface area contributed by atoms with Crippen LogP contribution in [0.2, 0.25) is 0 Å². The van der Waals surface area contributed by atoms with Crippen LogP contribution in [0.1, 0.15) is 24.5 Å². The van der Waals surface area contributed by atoms with E-state index >= 15 is 0 Å². The van der Waals surface area contributed by atoms with Crippen molar-refractivity contribution in [2.24, 2.45) is 0 Å². The summed E-state index contributed by atoms with van der Waals surface area (Å²) in [6.45, 7) is 7.69. The van der Waals surface area contributed by atoms with Gasteiger partial charge in [0, 0.05) is 24.0 Å². The van der Waals surface area contributed by atoms with E-state index in [1.807, 2.05) is 48.5 Å². The molecule has 5 nitrogen and oxygen atoms in total. The second kappa shape index (κ2) is 7.35. The lowest BCUT2D eigenvalue weighted by atomic mass is 10.00. The first-order valence-corrected chi connectivity index (χ1v) is 9.10. The summed E-state index contributed by atoms with van der Waals surface area (Å²) in [5.74, 6) is 0.0516. The molecule has 28 heavy (non-hydrogen) atoms. The summed E-state index contributed by atoms with van der Waals surface area (Å²) in [5, 5.41) is 0. The molecule has 0 amide bonds. The molecule has 0 spiro atoms. The molecule has 4 rings (SSSR count). The van der Waals surface area contributed by atoms with E-state index < -0.39 is 0 Å². The third-order valence-electron chi connectivity index (χ3n) is 4.91. The van der Waals surface area contributed by atoms with Gasteiger partial charge in [0.1, 0.15) is 24.6 Å². The van der Waals surface area contributed by atoms with Crippen molar-refractivity contribution >= 4 is 11.9 Å². The van der Waals surface area contributed by atoms with Crippen molar-refractivity contribution in [1.29, 1.82) is 0 Å². The maximum Gasteiger partial charge on any atom is 0.334 e. The number of ether oxygens (including phenoxy) is 3. The Hall–Kier alpha value is -3.34. The van der Waals surface area contributed by atoms with E-state index in [0.717, 1.165) is 16.7 Å². The van der Waals surface area contributed by atoms with Gasteiger partial charge in [0.15, 0.2) is 0 Å². The summed E-state index contributed by atoms with van der Waals surface area (Å²) in [5.41, 5.74) is 4.07. The van der Waals surface area contributed by atoms with E-state index in [2.05, 4.69) is 13.2 Å². The zero-order chi connectivity index (χ0) is 19.7. The molecule has 0 bridgehead atoms. The first-order valence-electron chi connectivity index (χ1n) is 9.10. The lowest BCUT2D eigenvalue weighted by Gasteiger charge is -2.12. The van der Waals surface area contributed by atoms with E-state index in [0.29, 0.717) is 36.3 Å². The van der Waals surface area contributed by atoms with Crippen LogP contribution in [0, 0.1) is 0 Å². The first kappa shape index (κ1) is 18.0. The molecule has 2 saturated heterocycles. The topological polar surface area (TPSA) is 61.8 Å². The molecule has 0 N–H and O–H groups in total. The van der Waals surface area contributed by atoms with Gasteiger partial charge in [-0.25, -0.2) is 9.59 Å². The highest BCUT2D eigenvalue weighted by atomic mass is 16.6. The van der Waals surface area contributed by atoms with Gasteiger partial charge in [0.05, 0.1) is 0 Å². The van der Waals surface area contributed by atoms with E-state index in [4.69, 9.17) is 14.2 Å². The fraction of sp³-hybridized carbons (Fsp3) is 0.217. The predicted molar refractivity (Wildman–Crippen MR) is 104 cm³/mol. The van der Waals surface area contributed by atoms with Gasteiger partial charge in [-0.15, -0.1) is 0 Å². The van der Waals surface area contributed by atoms with Gasteiger partial charge in [0.2, 0.25) is 0 Å². The van der Waals surface area contributed by atoms with E-state index in [1.54, 1.807) is 0 Å². The predicted octanol–water partition coefficient (Wildman–Crippen LogP) is 4.15. The summed E-state index contributed by atoms with van der Waals surface area (Å²) in [6, 6.07) is 15.7. The Morgan fingerprint density at radius 1 is 0.821 bits per heavy atom. The first-order chi connectivity index (χ1) is 13.5. The molecule has 2 aliphatic rings. The van der Waals surface area contributed by atoms with Crippen molar-refractivity contribution in [1.82, 2.24) is 0 Å². The largest absolute Gasteiger partial charge is 0.490 e. The van der Waals surface area contributed by atoms with Gasteiger partial charge >= 0.3 is 11.9 Å². The van der Waals surface area contributed by atoms with Crippen molar-refractivity contribution in [2.75, 3.05) is 6.61 Å². The molecular weight excluding hydrogens is 356 g/mol. The van der Waals surface area contributed by atoms with Gasteiger partial charge in [-0.05, 0) is 28.8 Å². The second-order valence-electron chi connectivity index (χ2n) is 6.99. The molecule has 2 atom stereocenters. The number of esters is 2. The van der Waals surface area contributed by atoms with Crippen LogP contribution in [0.5, 0.6) is 5.75 Å². The molecule has 2 unspecified atom stereocenters. The quantitative estimate of drug-likeness (QED) is 0.580. The van der Waals surface area contributed by atoms with Crippen LogP contribution in [0.25, 0.3) is 11.1 Å². The Balaban J connectivity index is 1.37. The van der Waals surface area contributed by atoms with Crippen LogP contribution in [-0.4, -0.2) is 24.6 Å². The number of carbonyl (C=O) groups is 2. The fourth-order valence-electron chi connectivity index (χ4n) is 3.30. The molecular formula is C23H20O5. The fourth-order valence-corrected chi connectivity index (χ4v) is 3.30. The third kappa shape index (κ3) is 3.69. The number of rotatable bonds is 5. The normalized spacial score (nSPS) is 21.6. The highest BCUT2D eigenvalue weighted by Gasteiger charge is 2.29. The smallest absolute Gasteiger partial charge is 0.334 e. The van der Waals surface area contributed by atoms with Crippen LogP contribution in [0.4, 0.5) is 0 Å². The Morgan fingerprint density at radius 2 is 1.39 bits per heavy atom. The lowest BCUT2D eigenvalue weighted by molar-refractivity contribution is -0.140. The minimum atomic E-state index is -0.343. The van der Waals surface area contributed by atoms with Crippen LogP contribution in [0.3, 0.4) is 0 Å². The van der Waals surface area contributed by atoms with E-state index in [9.17, 15) is 9.59 Å². The van der Waals surface area contributed by atoms with E-state index in [1.165, 1.54) is 0 Å². The molecule has 2 aliphatic heterocycles. The molecule has 2 aromatic carbocycles. The maximum absolute atomic E-state index is 11.5. The van der Waals surface area contributed by atoms with E-state index in [-0.39, 0.29) is 24.1 Å². The minimum absolute atomic E-state index is 0.245. The Kier molecular flexibility index (Phi) is 4.74. The molecule has 0 saturated carbocycles. The average Bonchev–Trinajstić information content (AvgIpc) is 3.21. The van der Waals surface area contributed by atoms with Crippen molar-refractivity contribution in [3.8, 4) is 16.9 Å². The van der Waals surface area contributed by atoms with Gasteiger partial charge in [0.25, 0.3) is 0 Å². The zero-order valence-corrected chi connectivity index (χ0v) is 15.4. The molecule has 2 aromatic rings. The molecule has 0 aromatic heterocycles. The highest BCUT2D eigenvalue weighted by Crippen LogP contribution is 2.33. The van der Waals surface area contributed by atoms with Crippen molar-refractivity contribution < 1.29 is 23.8 Å². The summed E-state index contributed by atoms with van der Waals surface area (Å²) < 4.78 is 16.2. The summed E-state index contributed by atoms with van der Waals surface area (Å²) in [6.07, 6.45) is 0.527. The van der Waals surface area contributed by atoms with Gasteiger partial charge in [-0.2, -0.15) is 0 Å². The Morgan fingerprint density at radius 3 is 1.93 bits per heavy atom. The van der Waals surface area contributed by atoms with Crippen molar-refractivity contribution in [3.63, 3.8) is 0 Å². The lowest BCUT2D eigenvalue weighted by Crippen LogP contribution is -2.17. The third-order valence-corrected chi connectivity index (χ3v) is 4.91. The number of cyclic esters (lactones) is 2. The van der Waals surface area contributed by atoms with Gasteiger partial charge < -0.3 is 14.2 Å². The molecule has 2 heterocycles. The number of carbonyl (C=O) groups excluding carboxylic acids is 2. The van der Waals surface area contributed by atoms with Crippen molar-refractivity contribution in [3.05, 3.63) is 78.4 Å². The van der Waals surface area contributed by atoms with Gasteiger partial charge in [-0.3, -0.25) is 0 Å². The summed E-state index contributed by atoms with van der Waals surface area (Å²) in [4.78, 5) is 22.8. The molecule has 2 fully saturated rings. The Bertz CT molecular complexity index is 908. The van der Waals surface area contributed by atoms with Gasteiger partial charge in [-0.1, -0.05) is 49.6 Å². The summed E-state index contributed by atoms with van der Waals surface area (Å²) in [7, 11) is 0. The Labute approximate surface area is 163 Å². The minimum Gasteiger partial charge on any atom is -0.490 e. The maximum atomic E-state index is 11.5.